The zero-order chi connectivity index (χ0) is 14.7. The Bertz CT molecular complexity index is 573. The fourth-order valence-electron chi connectivity index (χ4n) is 3.26. The normalized spacial score (nSPS) is 21.3. The number of nitrogens with one attached hydrogen (secondary N) is 1. The van der Waals surface area contributed by atoms with Gasteiger partial charge in [0.25, 0.3) is 0 Å². The number of urea groups is 1. The van der Waals surface area contributed by atoms with Crippen molar-refractivity contribution in [1.29, 1.82) is 0 Å². The maximum absolute atomic E-state index is 12.4. The van der Waals surface area contributed by atoms with Crippen LogP contribution in [0.4, 0.5) is 4.79 Å². The molecule has 3 rings (SSSR count). The molecule has 1 saturated heterocycles. The molecule has 1 aromatic carbocycles. The molecule has 21 heavy (non-hydrogen) atoms. The lowest BCUT2D eigenvalue weighted by Gasteiger charge is -2.38. The van der Waals surface area contributed by atoms with Crippen molar-refractivity contribution in [2.75, 3.05) is 13.6 Å². The molecule has 2 amide bonds. The minimum atomic E-state index is -0.470. The van der Waals surface area contributed by atoms with Crippen molar-refractivity contribution in [3.05, 3.63) is 66.0 Å². The van der Waals surface area contributed by atoms with E-state index in [0.29, 0.717) is 0 Å². The Morgan fingerprint density at radius 2 is 1.95 bits per heavy atom. The van der Waals surface area contributed by atoms with Gasteiger partial charge in [0.1, 0.15) is 5.54 Å². The summed E-state index contributed by atoms with van der Waals surface area (Å²) in [5.74, 6) is 0. The number of benzene rings is 1. The predicted molar refractivity (Wildman–Crippen MR) is 81.9 cm³/mol. The van der Waals surface area contributed by atoms with Crippen LogP contribution in [0.2, 0.25) is 0 Å². The van der Waals surface area contributed by atoms with Gasteiger partial charge in [-0.3, -0.25) is 4.98 Å². The second-order valence-electron chi connectivity index (χ2n) is 5.25. The lowest BCUT2D eigenvalue weighted by atomic mass is 9.83. The number of rotatable bonds is 2. The highest BCUT2D eigenvalue weighted by Gasteiger charge is 2.47. The quantitative estimate of drug-likeness (QED) is 0.920. The minimum absolute atomic E-state index is 0.0537. The van der Waals surface area contributed by atoms with Gasteiger partial charge in [-0.05, 0) is 30.5 Å². The highest BCUT2D eigenvalue weighted by Crippen LogP contribution is 2.43. The van der Waals surface area contributed by atoms with Gasteiger partial charge >= 0.3 is 6.03 Å². The van der Waals surface area contributed by atoms with Crippen LogP contribution in [0, 0.1) is 0 Å². The van der Waals surface area contributed by atoms with Crippen LogP contribution in [0.25, 0.3) is 0 Å². The Balaban J connectivity index is 2.18. The molecule has 108 valence electrons. The highest BCUT2D eigenvalue weighted by atomic mass is 16.2. The standard InChI is InChI=1S/C17H19N3O/c1-18-16(21)20-13-7-11-17(20,14-8-3-2-4-9-14)15-10-5-6-12-19-15/h2-6,8-10,12H,7,11,13H2,1H3,(H,18,21). The Hall–Kier alpha value is -2.36. The zero-order valence-corrected chi connectivity index (χ0v) is 12.1. The van der Waals surface area contributed by atoms with Crippen molar-refractivity contribution in [1.82, 2.24) is 15.2 Å². The first-order valence-corrected chi connectivity index (χ1v) is 7.25. The molecular formula is C17H19N3O. The van der Waals surface area contributed by atoms with Crippen LogP contribution < -0.4 is 5.32 Å². The van der Waals surface area contributed by atoms with E-state index in [4.69, 9.17) is 0 Å². The maximum atomic E-state index is 12.4. The molecular weight excluding hydrogens is 262 g/mol. The summed E-state index contributed by atoms with van der Waals surface area (Å²) in [6.07, 6.45) is 3.65. The minimum Gasteiger partial charge on any atom is -0.341 e. The molecule has 1 fully saturated rings. The van der Waals surface area contributed by atoms with Crippen molar-refractivity contribution >= 4 is 6.03 Å². The predicted octanol–water partition coefficient (Wildman–Crippen LogP) is 2.76. The molecule has 2 aromatic rings. The molecule has 1 aromatic heterocycles. The van der Waals surface area contributed by atoms with E-state index >= 15 is 0 Å². The topological polar surface area (TPSA) is 45.2 Å². The van der Waals surface area contributed by atoms with Crippen molar-refractivity contribution in [2.24, 2.45) is 0 Å². The number of carbonyl (C=O) groups is 1. The van der Waals surface area contributed by atoms with Crippen LogP contribution in [0.5, 0.6) is 0 Å². The molecule has 0 aliphatic carbocycles. The van der Waals surface area contributed by atoms with E-state index < -0.39 is 5.54 Å². The van der Waals surface area contributed by atoms with E-state index in [2.05, 4.69) is 22.4 Å². The molecule has 2 heterocycles. The van der Waals surface area contributed by atoms with Crippen molar-refractivity contribution in [2.45, 2.75) is 18.4 Å². The van der Waals surface area contributed by atoms with E-state index in [9.17, 15) is 4.79 Å². The summed E-state index contributed by atoms with van der Waals surface area (Å²) < 4.78 is 0. The first-order chi connectivity index (χ1) is 10.3. The van der Waals surface area contributed by atoms with Crippen LogP contribution in [0.15, 0.2) is 54.7 Å². The SMILES string of the molecule is CNC(=O)N1CCCC1(c1ccccc1)c1ccccn1. The Morgan fingerprint density at radius 1 is 1.19 bits per heavy atom. The number of nitrogens with zero attached hydrogens (tertiary/aromatic N) is 2. The Labute approximate surface area is 124 Å². The molecule has 1 unspecified atom stereocenters. The second-order valence-corrected chi connectivity index (χ2v) is 5.25. The molecule has 1 N–H and O–H groups in total. The molecule has 4 heteroatoms. The lowest BCUT2D eigenvalue weighted by molar-refractivity contribution is 0.166. The molecule has 0 spiro atoms. The summed E-state index contributed by atoms with van der Waals surface area (Å²) >= 11 is 0. The van der Waals surface area contributed by atoms with Crippen molar-refractivity contribution in [3.8, 4) is 0 Å². The summed E-state index contributed by atoms with van der Waals surface area (Å²) in [4.78, 5) is 18.8. The maximum Gasteiger partial charge on any atom is 0.318 e. The third kappa shape index (κ3) is 2.17. The molecule has 1 aliphatic rings. The van der Waals surface area contributed by atoms with Crippen LogP contribution >= 0.6 is 0 Å². The fourth-order valence-corrected chi connectivity index (χ4v) is 3.26. The van der Waals surface area contributed by atoms with Crippen LogP contribution in [-0.4, -0.2) is 29.5 Å². The van der Waals surface area contributed by atoms with Gasteiger partial charge in [-0.1, -0.05) is 36.4 Å². The van der Waals surface area contributed by atoms with Gasteiger partial charge < -0.3 is 10.2 Å². The average molecular weight is 281 g/mol. The Morgan fingerprint density at radius 3 is 2.62 bits per heavy atom. The summed E-state index contributed by atoms with van der Waals surface area (Å²) in [5.41, 5.74) is 1.57. The van der Waals surface area contributed by atoms with Crippen LogP contribution in [-0.2, 0) is 5.54 Å². The summed E-state index contributed by atoms with van der Waals surface area (Å²) in [7, 11) is 1.68. The fraction of sp³-hybridized carbons (Fsp3) is 0.294. The highest BCUT2D eigenvalue weighted by molar-refractivity contribution is 5.76. The molecule has 1 atom stereocenters. The first-order valence-electron chi connectivity index (χ1n) is 7.25. The molecule has 0 bridgehead atoms. The number of carbonyl (C=O) groups excluding carboxylic acids is 1. The van der Waals surface area contributed by atoms with E-state index in [1.807, 2.05) is 41.3 Å². The molecule has 0 radical (unpaired) electrons. The monoisotopic (exact) mass is 281 g/mol. The van der Waals surface area contributed by atoms with Crippen LogP contribution in [0.1, 0.15) is 24.1 Å². The largest absolute Gasteiger partial charge is 0.341 e. The van der Waals surface area contributed by atoms with Gasteiger partial charge in [0.2, 0.25) is 0 Å². The van der Waals surface area contributed by atoms with Crippen molar-refractivity contribution < 1.29 is 4.79 Å². The third-order valence-electron chi connectivity index (χ3n) is 4.18. The molecule has 0 saturated carbocycles. The number of amides is 2. The average Bonchev–Trinajstić information content (AvgIpc) is 3.02. The summed E-state index contributed by atoms with van der Waals surface area (Å²) in [6, 6.07) is 16.0. The first kappa shape index (κ1) is 13.6. The van der Waals surface area contributed by atoms with Gasteiger partial charge in [-0.2, -0.15) is 0 Å². The van der Waals surface area contributed by atoms with Crippen LogP contribution in [0.3, 0.4) is 0 Å². The summed E-state index contributed by atoms with van der Waals surface area (Å²) in [6.45, 7) is 0.741. The van der Waals surface area contributed by atoms with Gasteiger partial charge in [0, 0.05) is 19.8 Å². The van der Waals surface area contributed by atoms with E-state index in [1.54, 1.807) is 13.2 Å². The second kappa shape index (κ2) is 5.56. The summed E-state index contributed by atoms with van der Waals surface area (Å²) in [5, 5.41) is 2.76. The number of hydrogen-bond donors (Lipinski definition) is 1. The number of hydrogen-bond acceptors (Lipinski definition) is 2. The van der Waals surface area contributed by atoms with E-state index in [1.165, 1.54) is 0 Å². The zero-order valence-electron chi connectivity index (χ0n) is 12.1. The number of pyridine rings is 1. The van der Waals surface area contributed by atoms with Gasteiger partial charge in [0.15, 0.2) is 0 Å². The van der Waals surface area contributed by atoms with Gasteiger partial charge in [-0.15, -0.1) is 0 Å². The van der Waals surface area contributed by atoms with E-state index in [-0.39, 0.29) is 6.03 Å². The molecule has 4 nitrogen and oxygen atoms in total. The number of likely N-dealkylation sites (tertiary alicyclic amines) is 1. The van der Waals surface area contributed by atoms with Gasteiger partial charge in [0.05, 0.1) is 5.69 Å². The lowest BCUT2D eigenvalue weighted by Crippen LogP contribution is -2.49. The smallest absolute Gasteiger partial charge is 0.318 e. The van der Waals surface area contributed by atoms with Gasteiger partial charge in [-0.25, -0.2) is 4.79 Å². The Kier molecular flexibility index (Phi) is 3.60. The molecule has 1 aliphatic heterocycles. The number of aromatic nitrogens is 1. The van der Waals surface area contributed by atoms with E-state index in [0.717, 1.165) is 30.6 Å². The van der Waals surface area contributed by atoms with Crippen molar-refractivity contribution in [3.63, 3.8) is 0 Å². The third-order valence-corrected chi connectivity index (χ3v) is 4.18.